The highest BCUT2D eigenvalue weighted by Gasteiger charge is 2.22. The van der Waals surface area contributed by atoms with Gasteiger partial charge in [-0.3, -0.25) is 0 Å². The number of ether oxygens (including phenoxy) is 2. The molecule has 0 aliphatic rings. The van der Waals surface area contributed by atoms with Crippen LogP contribution in [0.3, 0.4) is 0 Å². The summed E-state index contributed by atoms with van der Waals surface area (Å²) in [6.07, 6.45) is 2.99. The van der Waals surface area contributed by atoms with Crippen LogP contribution in [0.5, 0.6) is 0 Å². The van der Waals surface area contributed by atoms with Gasteiger partial charge in [0.1, 0.15) is 5.56 Å². The minimum Gasteiger partial charge on any atom is -0.462 e. The van der Waals surface area contributed by atoms with E-state index in [2.05, 4.69) is 0 Å². The van der Waals surface area contributed by atoms with Gasteiger partial charge in [0, 0.05) is 0 Å². The largest absolute Gasteiger partial charge is 0.462 e. The Kier molecular flexibility index (Phi) is 5.26. The Hall–Kier alpha value is -1.78. The van der Waals surface area contributed by atoms with Crippen LogP contribution in [0.4, 0.5) is 0 Å². The van der Waals surface area contributed by atoms with Crippen LogP contribution in [0.2, 0.25) is 0 Å². The number of rotatable bonds is 6. The molecule has 0 aliphatic heterocycles. The average molecular weight is 240 g/mol. The molecule has 5 nitrogen and oxygen atoms in total. The molecule has 0 saturated heterocycles. The molecular weight excluding hydrogens is 224 g/mol. The molecule has 1 aromatic heterocycles. The Labute approximate surface area is 99.7 Å². The third-order valence-corrected chi connectivity index (χ3v) is 2.08. The second-order valence-corrected chi connectivity index (χ2v) is 3.37. The zero-order chi connectivity index (χ0) is 12.7. The SMILES string of the molecule is CCCCOC(=O)c1ccoc1C(=O)OCC. The van der Waals surface area contributed by atoms with Crippen molar-refractivity contribution in [3.05, 3.63) is 23.7 Å². The Morgan fingerprint density at radius 1 is 1.24 bits per heavy atom. The fourth-order valence-corrected chi connectivity index (χ4v) is 1.21. The first-order valence-corrected chi connectivity index (χ1v) is 5.62. The summed E-state index contributed by atoms with van der Waals surface area (Å²) in [6.45, 7) is 4.24. The lowest BCUT2D eigenvalue weighted by atomic mass is 10.2. The fraction of sp³-hybridized carbons (Fsp3) is 0.500. The Morgan fingerprint density at radius 3 is 2.65 bits per heavy atom. The Morgan fingerprint density at radius 2 is 2.00 bits per heavy atom. The van der Waals surface area contributed by atoms with Gasteiger partial charge in [-0.25, -0.2) is 9.59 Å². The van der Waals surface area contributed by atoms with Gasteiger partial charge in [0.2, 0.25) is 5.76 Å². The van der Waals surface area contributed by atoms with Gasteiger partial charge in [-0.05, 0) is 19.4 Å². The number of esters is 2. The van der Waals surface area contributed by atoms with E-state index in [4.69, 9.17) is 13.9 Å². The summed E-state index contributed by atoms with van der Waals surface area (Å²) in [6, 6.07) is 1.40. The van der Waals surface area contributed by atoms with Crippen molar-refractivity contribution in [2.45, 2.75) is 26.7 Å². The number of carbonyl (C=O) groups excluding carboxylic acids is 2. The molecule has 0 atom stereocenters. The second-order valence-electron chi connectivity index (χ2n) is 3.37. The van der Waals surface area contributed by atoms with Gasteiger partial charge in [-0.15, -0.1) is 0 Å². The molecule has 0 unspecified atom stereocenters. The predicted molar refractivity (Wildman–Crippen MR) is 59.9 cm³/mol. The molecule has 0 N–H and O–H groups in total. The molecule has 1 aromatic rings. The summed E-state index contributed by atoms with van der Waals surface area (Å²) in [5.41, 5.74) is 0.111. The maximum absolute atomic E-state index is 11.6. The van der Waals surface area contributed by atoms with E-state index in [1.54, 1.807) is 6.92 Å². The monoisotopic (exact) mass is 240 g/mol. The molecule has 0 radical (unpaired) electrons. The first-order valence-electron chi connectivity index (χ1n) is 5.62. The first kappa shape index (κ1) is 13.3. The standard InChI is InChI=1S/C12H16O5/c1-3-5-7-17-11(13)9-6-8-16-10(9)12(14)15-4-2/h6,8H,3-5,7H2,1-2H3. The lowest BCUT2D eigenvalue weighted by Gasteiger charge is -2.03. The molecule has 0 bridgehead atoms. The molecule has 0 amide bonds. The molecule has 0 fully saturated rings. The van der Waals surface area contributed by atoms with Crippen LogP contribution >= 0.6 is 0 Å². The highest BCUT2D eigenvalue weighted by atomic mass is 16.5. The molecule has 0 aromatic carbocycles. The quantitative estimate of drug-likeness (QED) is 0.564. The summed E-state index contributed by atoms with van der Waals surface area (Å²) in [5, 5.41) is 0. The lowest BCUT2D eigenvalue weighted by molar-refractivity contribution is 0.0441. The fourth-order valence-electron chi connectivity index (χ4n) is 1.21. The van der Waals surface area contributed by atoms with Crippen molar-refractivity contribution in [2.24, 2.45) is 0 Å². The van der Waals surface area contributed by atoms with Crippen molar-refractivity contribution in [1.29, 1.82) is 0 Å². The third-order valence-electron chi connectivity index (χ3n) is 2.08. The van der Waals surface area contributed by atoms with E-state index in [9.17, 15) is 9.59 Å². The number of hydrogen-bond donors (Lipinski definition) is 0. The van der Waals surface area contributed by atoms with Crippen LogP contribution < -0.4 is 0 Å². The molecular formula is C12H16O5. The van der Waals surface area contributed by atoms with E-state index in [0.717, 1.165) is 12.8 Å². The van der Waals surface area contributed by atoms with Gasteiger partial charge < -0.3 is 13.9 Å². The lowest BCUT2D eigenvalue weighted by Crippen LogP contribution is -2.12. The summed E-state index contributed by atoms with van der Waals surface area (Å²) < 4.78 is 14.7. The molecule has 5 heteroatoms. The number of carbonyl (C=O) groups is 2. The van der Waals surface area contributed by atoms with E-state index in [1.165, 1.54) is 12.3 Å². The predicted octanol–water partition coefficient (Wildman–Crippen LogP) is 2.41. The van der Waals surface area contributed by atoms with E-state index >= 15 is 0 Å². The van der Waals surface area contributed by atoms with Crippen molar-refractivity contribution in [1.82, 2.24) is 0 Å². The normalized spacial score (nSPS) is 10.0. The van der Waals surface area contributed by atoms with E-state index in [0.29, 0.717) is 6.61 Å². The topological polar surface area (TPSA) is 65.7 Å². The van der Waals surface area contributed by atoms with Gasteiger partial charge in [0.15, 0.2) is 0 Å². The van der Waals surface area contributed by atoms with E-state index in [1.807, 2.05) is 6.92 Å². The van der Waals surface area contributed by atoms with Gasteiger partial charge in [0.05, 0.1) is 19.5 Å². The minimum absolute atomic E-state index is 0.103. The van der Waals surface area contributed by atoms with Crippen molar-refractivity contribution in [3.63, 3.8) is 0 Å². The number of hydrogen-bond acceptors (Lipinski definition) is 5. The van der Waals surface area contributed by atoms with Crippen LogP contribution in [-0.4, -0.2) is 25.2 Å². The molecule has 1 rings (SSSR count). The van der Waals surface area contributed by atoms with E-state index in [-0.39, 0.29) is 17.9 Å². The summed E-state index contributed by atoms with van der Waals surface area (Å²) in [4.78, 5) is 23.1. The van der Waals surface area contributed by atoms with Crippen molar-refractivity contribution < 1.29 is 23.5 Å². The number of furan rings is 1. The molecule has 94 valence electrons. The molecule has 0 spiro atoms. The average Bonchev–Trinajstić information content (AvgIpc) is 2.78. The van der Waals surface area contributed by atoms with E-state index < -0.39 is 11.9 Å². The van der Waals surface area contributed by atoms with Gasteiger partial charge in [-0.1, -0.05) is 13.3 Å². The van der Waals surface area contributed by atoms with Crippen molar-refractivity contribution in [3.8, 4) is 0 Å². The summed E-state index contributed by atoms with van der Waals surface area (Å²) >= 11 is 0. The minimum atomic E-state index is -0.653. The molecule has 1 heterocycles. The van der Waals surface area contributed by atoms with Crippen molar-refractivity contribution in [2.75, 3.05) is 13.2 Å². The van der Waals surface area contributed by atoms with Crippen LogP contribution in [0, 0.1) is 0 Å². The van der Waals surface area contributed by atoms with Gasteiger partial charge in [-0.2, -0.15) is 0 Å². The first-order chi connectivity index (χ1) is 8.20. The Balaban J connectivity index is 2.67. The summed E-state index contributed by atoms with van der Waals surface area (Å²) in [5.74, 6) is -1.32. The molecule has 0 saturated carbocycles. The van der Waals surface area contributed by atoms with Crippen LogP contribution in [-0.2, 0) is 9.47 Å². The highest BCUT2D eigenvalue weighted by molar-refractivity contribution is 6.01. The summed E-state index contributed by atoms with van der Waals surface area (Å²) in [7, 11) is 0. The second kappa shape index (κ2) is 6.73. The van der Waals surface area contributed by atoms with Crippen LogP contribution in [0.1, 0.15) is 47.6 Å². The van der Waals surface area contributed by atoms with Gasteiger partial charge >= 0.3 is 11.9 Å². The molecule has 17 heavy (non-hydrogen) atoms. The highest BCUT2D eigenvalue weighted by Crippen LogP contribution is 2.13. The maximum atomic E-state index is 11.6. The zero-order valence-electron chi connectivity index (χ0n) is 10.0. The van der Waals surface area contributed by atoms with Crippen LogP contribution in [0.15, 0.2) is 16.7 Å². The number of unbranched alkanes of at least 4 members (excludes halogenated alkanes) is 1. The zero-order valence-corrected chi connectivity index (χ0v) is 10.0. The van der Waals surface area contributed by atoms with Gasteiger partial charge in [0.25, 0.3) is 0 Å². The Bertz CT molecular complexity index is 380. The maximum Gasteiger partial charge on any atom is 0.375 e. The smallest absolute Gasteiger partial charge is 0.375 e. The molecule has 0 aliphatic carbocycles. The van der Waals surface area contributed by atoms with Crippen LogP contribution in [0.25, 0.3) is 0 Å². The van der Waals surface area contributed by atoms with Crippen molar-refractivity contribution >= 4 is 11.9 Å². The third kappa shape index (κ3) is 3.62.